The van der Waals surface area contributed by atoms with E-state index in [1.807, 2.05) is 0 Å². The first-order valence-corrected chi connectivity index (χ1v) is 17.9. The number of fused-ring (bicyclic) bond motifs is 5. The molecule has 0 N–H and O–H groups in total. The molecule has 0 saturated heterocycles. The number of hydrogen-bond acceptors (Lipinski definition) is 1. The van der Waals surface area contributed by atoms with Crippen LogP contribution in [0.2, 0.25) is 0 Å². The molecular formula is C50H34N2. The molecule has 10 aromatic rings. The lowest BCUT2D eigenvalue weighted by atomic mass is 9.98. The van der Waals surface area contributed by atoms with Crippen molar-refractivity contribution in [2.45, 2.75) is 0 Å². The average Bonchev–Trinajstić information content (AvgIpc) is 3.55. The highest BCUT2D eigenvalue weighted by molar-refractivity contribution is 6.12. The Morgan fingerprint density at radius 1 is 0.327 bits per heavy atom. The lowest BCUT2D eigenvalue weighted by molar-refractivity contribution is 1.18. The number of nitrogens with zero attached hydrogens (tertiary/aromatic N) is 2. The van der Waals surface area contributed by atoms with Gasteiger partial charge in [0.2, 0.25) is 0 Å². The lowest BCUT2D eigenvalue weighted by Crippen LogP contribution is -2.12. The van der Waals surface area contributed by atoms with Crippen molar-refractivity contribution < 1.29 is 0 Å². The maximum Gasteiger partial charge on any atom is 0.0562 e. The third-order valence-corrected chi connectivity index (χ3v) is 10.3. The van der Waals surface area contributed by atoms with Crippen LogP contribution in [-0.4, -0.2) is 4.57 Å². The third kappa shape index (κ3) is 4.96. The van der Waals surface area contributed by atoms with Gasteiger partial charge in [0, 0.05) is 33.0 Å². The zero-order chi connectivity index (χ0) is 34.4. The molecule has 52 heavy (non-hydrogen) atoms. The maximum atomic E-state index is 2.48. The van der Waals surface area contributed by atoms with Gasteiger partial charge < -0.3 is 9.47 Å². The molecule has 2 heteroatoms. The molecule has 244 valence electrons. The second kappa shape index (κ2) is 12.5. The fourth-order valence-corrected chi connectivity index (χ4v) is 7.96. The molecule has 0 bridgehead atoms. The Morgan fingerprint density at radius 3 is 1.67 bits per heavy atom. The molecule has 0 atom stereocenters. The van der Waals surface area contributed by atoms with Crippen molar-refractivity contribution in [3.63, 3.8) is 0 Å². The summed E-state index contributed by atoms with van der Waals surface area (Å²) in [5.74, 6) is 0. The quantitative estimate of drug-likeness (QED) is 0.172. The summed E-state index contributed by atoms with van der Waals surface area (Å²) in [6.07, 6.45) is 0. The van der Waals surface area contributed by atoms with E-state index in [4.69, 9.17) is 0 Å². The zero-order valence-corrected chi connectivity index (χ0v) is 28.5. The molecule has 0 aliphatic heterocycles. The van der Waals surface area contributed by atoms with E-state index >= 15 is 0 Å². The molecule has 0 amide bonds. The van der Waals surface area contributed by atoms with E-state index < -0.39 is 0 Å². The standard InChI is InChI=1S/C50H34N2/c1-3-16-35(17-4-1)41-25-11-13-27-46(41)51(47-29-15-23-36-20-9-10-24-42(36)47)40-30-31-44-43-26-12-14-28-48(43)52(50(44)34-40)49-33-39-22-8-7-21-38(39)32-45(49)37-18-5-2-6-19-37/h1-34H. The molecule has 0 aliphatic carbocycles. The second-order valence-corrected chi connectivity index (χ2v) is 13.4. The number of aromatic nitrogens is 1. The van der Waals surface area contributed by atoms with Crippen molar-refractivity contribution in [2.24, 2.45) is 0 Å². The van der Waals surface area contributed by atoms with Gasteiger partial charge in [0.1, 0.15) is 0 Å². The summed E-state index contributed by atoms with van der Waals surface area (Å²) in [4.78, 5) is 2.45. The average molecular weight is 663 g/mol. The molecule has 0 fully saturated rings. The zero-order valence-electron chi connectivity index (χ0n) is 28.5. The number of hydrogen-bond donors (Lipinski definition) is 0. The first kappa shape index (κ1) is 30.0. The molecule has 10 rings (SSSR count). The van der Waals surface area contributed by atoms with E-state index in [1.54, 1.807) is 0 Å². The SMILES string of the molecule is c1ccc(-c2ccccc2N(c2ccc3c4ccccc4n(-c4cc5ccccc5cc4-c4ccccc4)c3c2)c2cccc3ccccc23)cc1. The summed E-state index contributed by atoms with van der Waals surface area (Å²) >= 11 is 0. The van der Waals surface area contributed by atoms with Gasteiger partial charge in [-0.2, -0.15) is 0 Å². The molecular weight excluding hydrogens is 629 g/mol. The minimum absolute atomic E-state index is 1.10. The van der Waals surface area contributed by atoms with Crippen LogP contribution < -0.4 is 4.90 Å². The Labute approximate surface area is 303 Å². The van der Waals surface area contributed by atoms with E-state index in [2.05, 4.69) is 216 Å². The first-order valence-electron chi connectivity index (χ1n) is 17.9. The van der Waals surface area contributed by atoms with Gasteiger partial charge in [0.15, 0.2) is 0 Å². The summed E-state index contributed by atoms with van der Waals surface area (Å²) < 4.78 is 2.48. The molecule has 0 aliphatic rings. The third-order valence-electron chi connectivity index (χ3n) is 10.3. The van der Waals surface area contributed by atoms with E-state index in [0.29, 0.717) is 0 Å². The van der Waals surface area contributed by atoms with Crippen molar-refractivity contribution in [3.8, 4) is 27.9 Å². The highest BCUT2D eigenvalue weighted by Crippen LogP contribution is 2.46. The molecule has 0 unspecified atom stereocenters. The van der Waals surface area contributed by atoms with E-state index in [0.717, 1.165) is 28.3 Å². The Bertz CT molecular complexity index is 2900. The maximum absolute atomic E-state index is 2.48. The first-order chi connectivity index (χ1) is 25.8. The van der Waals surface area contributed by atoms with Gasteiger partial charge in [-0.15, -0.1) is 0 Å². The predicted octanol–water partition coefficient (Wildman–Crippen LogP) is 13.9. The Balaban J connectivity index is 1.30. The number of anilines is 3. The molecule has 1 aromatic heterocycles. The molecule has 1 heterocycles. The van der Waals surface area contributed by atoms with Gasteiger partial charge in [-0.05, 0) is 69.8 Å². The Hall–Kier alpha value is -6.90. The number of benzene rings is 9. The number of para-hydroxylation sites is 2. The smallest absolute Gasteiger partial charge is 0.0562 e. The van der Waals surface area contributed by atoms with Crippen molar-refractivity contribution in [1.82, 2.24) is 4.57 Å². The van der Waals surface area contributed by atoms with Crippen molar-refractivity contribution in [1.29, 1.82) is 0 Å². The molecule has 9 aromatic carbocycles. The van der Waals surface area contributed by atoms with Crippen LogP contribution >= 0.6 is 0 Å². The normalized spacial score (nSPS) is 11.5. The van der Waals surface area contributed by atoms with Gasteiger partial charge in [-0.1, -0.05) is 164 Å². The fourth-order valence-electron chi connectivity index (χ4n) is 7.96. The van der Waals surface area contributed by atoms with Crippen LogP contribution in [0.15, 0.2) is 206 Å². The summed E-state index contributed by atoms with van der Waals surface area (Å²) in [5.41, 5.74) is 11.6. The van der Waals surface area contributed by atoms with E-state index in [1.165, 1.54) is 60.1 Å². The van der Waals surface area contributed by atoms with Crippen molar-refractivity contribution in [2.75, 3.05) is 4.90 Å². The fraction of sp³-hybridized carbons (Fsp3) is 0. The van der Waals surface area contributed by atoms with Gasteiger partial charge in [0.25, 0.3) is 0 Å². The summed E-state index contributed by atoms with van der Waals surface area (Å²) in [5, 5.41) is 7.31. The summed E-state index contributed by atoms with van der Waals surface area (Å²) in [7, 11) is 0. The Morgan fingerprint density at radius 2 is 0.885 bits per heavy atom. The predicted molar refractivity (Wildman–Crippen MR) is 221 cm³/mol. The van der Waals surface area contributed by atoms with Crippen LogP contribution in [0, 0.1) is 0 Å². The number of rotatable bonds is 6. The summed E-state index contributed by atoms with van der Waals surface area (Å²) in [6.45, 7) is 0. The van der Waals surface area contributed by atoms with Crippen LogP contribution in [0.4, 0.5) is 17.1 Å². The van der Waals surface area contributed by atoms with Crippen LogP contribution in [-0.2, 0) is 0 Å². The highest BCUT2D eigenvalue weighted by atomic mass is 15.1. The van der Waals surface area contributed by atoms with Crippen LogP contribution in [0.1, 0.15) is 0 Å². The monoisotopic (exact) mass is 662 g/mol. The van der Waals surface area contributed by atoms with Crippen molar-refractivity contribution in [3.05, 3.63) is 206 Å². The molecule has 0 saturated carbocycles. The second-order valence-electron chi connectivity index (χ2n) is 13.4. The van der Waals surface area contributed by atoms with Gasteiger partial charge in [-0.25, -0.2) is 0 Å². The highest BCUT2D eigenvalue weighted by Gasteiger charge is 2.22. The van der Waals surface area contributed by atoms with Crippen LogP contribution in [0.3, 0.4) is 0 Å². The van der Waals surface area contributed by atoms with Gasteiger partial charge in [0.05, 0.1) is 28.1 Å². The molecule has 0 radical (unpaired) electrons. The van der Waals surface area contributed by atoms with Crippen LogP contribution in [0.25, 0.3) is 71.3 Å². The largest absolute Gasteiger partial charge is 0.309 e. The van der Waals surface area contributed by atoms with Gasteiger partial charge in [-0.3, -0.25) is 0 Å². The van der Waals surface area contributed by atoms with Crippen molar-refractivity contribution >= 4 is 60.4 Å². The lowest BCUT2D eigenvalue weighted by Gasteiger charge is -2.29. The van der Waals surface area contributed by atoms with E-state index in [-0.39, 0.29) is 0 Å². The topological polar surface area (TPSA) is 8.17 Å². The minimum Gasteiger partial charge on any atom is -0.309 e. The minimum atomic E-state index is 1.10. The van der Waals surface area contributed by atoms with Crippen LogP contribution in [0.5, 0.6) is 0 Å². The Kier molecular flexibility index (Phi) is 7.18. The summed E-state index contributed by atoms with van der Waals surface area (Å²) in [6, 6.07) is 74.8. The van der Waals surface area contributed by atoms with Gasteiger partial charge >= 0.3 is 0 Å². The van der Waals surface area contributed by atoms with E-state index in [9.17, 15) is 0 Å². The molecule has 2 nitrogen and oxygen atoms in total. The molecule has 0 spiro atoms.